The number of aliphatic hydroxyl groups excluding tert-OH is 3. The zero-order chi connectivity index (χ0) is 60.5. The minimum Gasteiger partial charge on any atom is -0.477 e. The number of aryl methyl sites for hydroxylation is 1. The van der Waals surface area contributed by atoms with Gasteiger partial charge < -0.3 is 93.1 Å². The van der Waals surface area contributed by atoms with Crippen molar-refractivity contribution in [3.8, 4) is 0 Å². The van der Waals surface area contributed by atoms with Crippen LogP contribution in [0.5, 0.6) is 0 Å². The number of carboxylic acid groups (broad SMARTS) is 1. The number of pyridine rings is 1. The molecule has 1 aromatic heterocycles. The Bertz CT molecular complexity index is 2460. The molecule has 0 radical (unpaired) electrons. The van der Waals surface area contributed by atoms with Crippen LogP contribution in [0.1, 0.15) is 112 Å². The highest BCUT2D eigenvalue weighted by molar-refractivity contribution is 5.93. The molecule has 0 aliphatic carbocycles. The highest BCUT2D eigenvalue weighted by atomic mass is 19.1. The summed E-state index contributed by atoms with van der Waals surface area (Å²) in [6, 6.07) is 2.48. The third-order valence-electron chi connectivity index (χ3n) is 16.8. The second-order valence-electron chi connectivity index (χ2n) is 23.3. The largest absolute Gasteiger partial charge is 0.477 e. The standard InChI is InChI=1S/C41H76N2O15.C16H18FN3O3/c1-15-29-41(10,49)34(45)24(4)31(42-53-21-52-17-16-50-13)22(2)19-39(8,48)36(58-38-32(44)28(43(11)12)18-23(3)54-38)25(5)33(26(6)37(47)56-29)57-30-20-40(9,51-14)35(46)27(7)55-30;1-2-19-9-11(16(22)23)15(21)10-7-12(17)14(8-13(10)19)20-5-3-18-4-6-20/h22-30,32-36,38,44-46,48-49H,15-21H2,1-14H3;7-9,18H,2-6H2,1H3,(H,22,23)/b42-31+;/t22-,23?,24+,25+,26-,27?,28?,29-,30?,32?,33+,34-,35?,36-,38?,39-,40?,41-;/m1./s1. The summed E-state index contributed by atoms with van der Waals surface area (Å²) in [6.45, 7) is 22.6. The molecule has 4 saturated heterocycles. The van der Waals surface area contributed by atoms with Gasteiger partial charge >= 0.3 is 11.9 Å². The van der Waals surface area contributed by atoms with Crippen LogP contribution in [-0.4, -0.2) is 217 Å². The number of halogens is 1. The van der Waals surface area contributed by atoms with E-state index in [-0.39, 0.29) is 55.8 Å². The van der Waals surface area contributed by atoms with E-state index in [1.54, 1.807) is 66.2 Å². The molecule has 7 N–H and O–H groups in total. The molecule has 4 aliphatic heterocycles. The number of piperazine rings is 1. The van der Waals surface area contributed by atoms with Crippen LogP contribution in [0.4, 0.5) is 10.1 Å². The van der Waals surface area contributed by atoms with Gasteiger partial charge in [-0.15, -0.1) is 0 Å². The number of carboxylic acids is 1. The van der Waals surface area contributed by atoms with Gasteiger partial charge in [0.25, 0.3) is 0 Å². The van der Waals surface area contributed by atoms with Crippen molar-refractivity contribution in [2.24, 2.45) is 28.8 Å². The Morgan fingerprint density at radius 1 is 0.926 bits per heavy atom. The van der Waals surface area contributed by atoms with Crippen molar-refractivity contribution in [1.82, 2.24) is 14.8 Å². The van der Waals surface area contributed by atoms with Gasteiger partial charge in [0.15, 0.2) is 12.6 Å². The van der Waals surface area contributed by atoms with Gasteiger partial charge in [0.1, 0.15) is 35.3 Å². The maximum Gasteiger partial charge on any atom is 0.341 e. The molecule has 24 heteroatoms. The fraction of sp³-hybridized carbons (Fsp3) is 0.789. The van der Waals surface area contributed by atoms with Gasteiger partial charge in [-0.25, -0.2) is 9.18 Å². The number of nitrogens with one attached hydrogen (secondary N) is 1. The molecular weight excluding hydrogens is 1060 g/mol. The van der Waals surface area contributed by atoms with E-state index in [9.17, 15) is 44.3 Å². The fourth-order valence-electron chi connectivity index (χ4n) is 11.9. The molecule has 6 rings (SSSR count). The van der Waals surface area contributed by atoms with E-state index < -0.39 is 119 Å². The predicted octanol–water partition coefficient (Wildman–Crippen LogP) is 3.48. The molecule has 4 fully saturated rings. The molecule has 0 bridgehead atoms. The number of hydrogen-bond acceptors (Lipinski definition) is 21. The molecule has 23 nitrogen and oxygen atoms in total. The third kappa shape index (κ3) is 16.1. The average Bonchev–Trinajstić information content (AvgIpc) is 3.50. The number of hydrogen-bond donors (Lipinski definition) is 7. The lowest BCUT2D eigenvalue weighted by molar-refractivity contribution is -0.317. The highest BCUT2D eigenvalue weighted by Crippen LogP contribution is 2.41. The Balaban J connectivity index is 0.000000431. The molecule has 0 spiro atoms. The number of cyclic esters (lactones) is 1. The number of anilines is 1. The van der Waals surface area contributed by atoms with Gasteiger partial charge in [0.05, 0.1) is 77.8 Å². The molecule has 81 heavy (non-hydrogen) atoms. The smallest absolute Gasteiger partial charge is 0.341 e. The number of carbonyl (C=O) groups is 2. The van der Waals surface area contributed by atoms with E-state index in [4.69, 9.17) is 47.8 Å². The number of fused-ring (bicyclic) bond motifs is 1. The van der Waals surface area contributed by atoms with Crippen molar-refractivity contribution in [2.45, 2.75) is 193 Å². The number of likely N-dealkylation sites (N-methyl/N-ethyl adjacent to an activating group) is 1. The Morgan fingerprint density at radius 3 is 2.19 bits per heavy atom. The summed E-state index contributed by atoms with van der Waals surface area (Å²) in [5.41, 5.74) is -4.48. The van der Waals surface area contributed by atoms with E-state index in [1.165, 1.54) is 20.2 Å². The molecule has 1 aromatic carbocycles. The van der Waals surface area contributed by atoms with Crippen molar-refractivity contribution in [1.29, 1.82) is 0 Å². The van der Waals surface area contributed by atoms with Crippen LogP contribution < -0.4 is 15.6 Å². The number of methoxy groups -OCH3 is 2. The van der Waals surface area contributed by atoms with E-state index in [1.807, 2.05) is 44.7 Å². The molecule has 18 atom stereocenters. The lowest BCUT2D eigenvalue weighted by atomic mass is 9.73. The number of aromatic nitrogens is 1. The van der Waals surface area contributed by atoms with Crippen LogP contribution in [0, 0.1) is 29.5 Å². The summed E-state index contributed by atoms with van der Waals surface area (Å²) in [4.78, 5) is 47.2. The monoisotopic (exact) mass is 1160 g/mol. The number of benzene rings is 1. The molecule has 5 heterocycles. The first-order chi connectivity index (χ1) is 38.0. The van der Waals surface area contributed by atoms with Crippen LogP contribution in [-0.2, 0) is 54.1 Å². The van der Waals surface area contributed by atoms with Crippen molar-refractivity contribution < 1.29 is 87.4 Å². The Morgan fingerprint density at radius 2 is 1.59 bits per heavy atom. The second kappa shape index (κ2) is 29.2. The summed E-state index contributed by atoms with van der Waals surface area (Å²) in [7, 11) is 6.76. The summed E-state index contributed by atoms with van der Waals surface area (Å²) in [5, 5.41) is 76.0. The number of oxime groups is 1. The molecule has 4 aliphatic rings. The summed E-state index contributed by atoms with van der Waals surface area (Å²) in [5.74, 6) is -5.94. The van der Waals surface area contributed by atoms with Gasteiger partial charge in [-0.3, -0.25) is 9.59 Å². The molecule has 462 valence electrons. The van der Waals surface area contributed by atoms with E-state index in [0.717, 1.165) is 19.2 Å². The number of carbonyl (C=O) groups excluding carboxylic acids is 1. The van der Waals surface area contributed by atoms with Crippen molar-refractivity contribution in [2.75, 3.05) is 79.4 Å². The number of esters is 1. The number of ether oxygens (including phenoxy) is 8. The van der Waals surface area contributed by atoms with Crippen LogP contribution >= 0.6 is 0 Å². The summed E-state index contributed by atoms with van der Waals surface area (Å²) in [6.07, 6.45) is -8.17. The number of nitrogens with zero attached hydrogens (tertiary/aromatic N) is 4. The first-order valence-corrected chi connectivity index (χ1v) is 28.3. The average molecular weight is 1160 g/mol. The lowest BCUT2D eigenvalue weighted by Gasteiger charge is -2.49. The van der Waals surface area contributed by atoms with Gasteiger partial charge in [-0.2, -0.15) is 0 Å². The van der Waals surface area contributed by atoms with Gasteiger partial charge in [-0.1, -0.05) is 32.9 Å². The van der Waals surface area contributed by atoms with Crippen molar-refractivity contribution >= 4 is 34.2 Å². The zero-order valence-corrected chi connectivity index (χ0v) is 50.1. The molecule has 0 amide bonds. The summed E-state index contributed by atoms with van der Waals surface area (Å²) >= 11 is 0. The highest BCUT2D eigenvalue weighted by Gasteiger charge is 2.53. The molecular formula is C57H94FN5O18. The van der Waals surface area contributed by atoms with Gasteiger partial charge in [0.2, 0.25) is 12.2 Å². The fourth-order valence-corrected chi connectivity index (χ4v) is 11.9. The quantitative estimate of drug-likeness (QED) is 0.0548. The van der Waals surface area contributed by atoms with Crippen molar-refractivity contribution in [3.63, 3.8) is 0 Å². The van der Waals surface area contributed by atoms with Crippen molar-refractivity contribution in [3.05, 3.63) is 39.9 Å². The lowest BCUT2D eigenvalue weighted by Crippen LogP contribution is -2.61. The van der Waals surface area contributed by atoms with E-state index in [0.29, 0.717) is 49.6 Å². The predicted molar refractivity (Wildman–Crippen MR) is 298 cm³/mol. The Hall–Kier alpha value is -3.99. The minimum absolute atomic E-state index is 0.0307. The normalized spacial score (nSPS) is 37.1. The Labute approximate surface area is 475 Å². The summed E-state index contributed by atoms with van der Waals surface area (Å²) < 4.78 is 64.3. The maximum absolute atomic E-state index is 14.5. The topological polar surface area (TPSA) is 291 Å². The zero-order valence-electron chi connectivity index (χ0n) is 50.1. The van der Waals surface area contributed by atoms with Gasteiger partial charge in [-0.05, 0) is 94.0 Å². The van der Waals surface area contributed by atoms with E-state index >= 15 is 0 Å². The first kappa shape index (κ1) is 67.8. The SMILES string of the molecule is CC[C@H]1OC(=O)[C@H](C)[C@@H](OC2CC(C)(OC)C(O)C(C)O2)[C@H](C)[C@@H](OC2OC(C)CC(N(C)C)C2O)[C@](C)(O)C[C@@H](C)/C(=N\OCOCCOC)[C@H](C)[C@@H](O)[C@]1(C)O.CCn1cc(C(=O)O)c(=O)c2cc(F)c(N3CCNCC3)cc21. The number of aromatic carboxylic acids is 1. The molecule has 0 saturated carbocycles. The second-order valence-corrected chi connectivity index (χ2v) is 23.3. The Kier molecular flexibility index (Phi) is 24.4. The van der Waals surface area contributed by atoms with Gasteiger partial charge in [0, 0.05) is 88.7 Å². The van der Waals surface area contributed by atoms with E-state index in [2.05, 4.69) is 10.5 Å². The maximum atomic E-state index is 14.5. The van der Waals surface area contributed by atoms with Crippen LogP contribution in [0.15, 0.2) is 28.3 Å². The van der Waals surface area contributed by atoms with Crippen LogP contribution in [0.2, 0.25) is 0 Å². The van der Waals surface area contributed by atoms with Crippen LogP contribution in [0.25, 0.3) is 10.9 Å². The first-order valence-electron chi connectivity index (χ1n) is 28.3. The minimum atomic E-state index is -1.97. The third-order valence-corrected chi connectivity index (χ3v) is 16.8. The number of aliphatic hydroxyl groups is 5. The molecule has 2 aromatic rings. The van der Waals surface area contributed by atoms with Crippen LogP contribution in [0.3, 0.4) is 0 Å². The molecule has 8 unspecified atom stereocenters. The number of rotatable bonds is 16.